The van der Waals surface area contributed by atoms with Gasteiger partial charge in [-0.05, 0) is 31.0 Å². The van der Waals surface area contributed by atoms with E-state index in [-0.39, 0.29) is 29.5 Å². The molecule has 2 heterocycles. The van der Waals surface area contributed by atoms with Crippen LogP contribution in [0.2, 0.25) is 0 Å². The Morgan fingerprint density at radius 3 is 2.62 bits per heavy atom. The van der Waals surface area contributed by atoms with E-state index in [9.17, 15) is 0 Å². The van der Waals surface area contributed by atoms with Gasteiger partial charge in [-0.25, -0.2) is 0 Å². The number of ether oxygens (including phenoxy) is 1. The molecule has 3 rings (SSSR count). The number of halogens is 1. The number of rotatable bonds is 7. The number of hydrogen-bond donors (Lipinski definition) is 2. The smallest absolute Gasteiger partial charge is 0.191 e. The Bertz CT molecular complexity index is 756. The lowest BCUT2D eigenvalue weighted by molar-refractivity contribution is -0.00834. The molecule has 0 unspecified atom stereocenters. The molecule has 1 fully saturated rings. The van der Waals surface area contributed by atoms with Crippen molar-refractivity contribution in [2.45, 2.75) is 32.5 Å². The van der Waals surface area contributed by atoms with Gasteiger partial charge in [0.25, 0.3) is 0 Å². The Hall–Kier alpha value is -1.65. The fourth-order valence-electron chi connectivity index (χ4n) is 3.41. The molecule has 0 radical (unpaired) electrons. The maximum atomic E-state index is 5.47. The van der Waals surface area contributed by atoms with Crippen LogP contribution in [0.15, 0.2) is 47.7 Å². The molecule has 8 heteroatoms. The summed E-state index contributed by atoms with van der Waals surface area (Å²) in [6.07, 6.45) is 3.78. The van der Waals surface area contributed by atoms with E-state index in [1.807, 2.05) is 24.0 Å². The quantitative estimate of drug-likeness (QED) is 0.339. The van der Waals surface area contributed by atoms with Crippen LogP contribution in [0.5, 0.6) is 0 Å². The fourth-order valence-corrected chi connectivity index (χ4v) is 3.41. The molecule has 2 N–H and O–H groups in total. The van der Waals surface area contributed by atoms with E-state index in [1.165, 1.54) is 11.1 Å². The summed E-state index contributed by atoms with van der Waals surface area (Å²) in [6, 6.07) is 10.5. The largest absolute Gasteiger partial charge is 0.379 e. The molecule has 2 aromatic rings. The van der Waals surface area contributed by atoms with Crippen molar-refractivity contribution in [1.29, 1.82) is 0 Å². The van der Waals surface area contributed by atoms with E-state index < -0.39 is 0 Å². The van der Waals surface area contributed by atoms with Crippen molar-refractivity contribution in [3.8, 4) is 0 Å². The van der Waals surface area contributed by atoms with Gasteiger partial charge in [0.1, 0.15) is 0 Å². The molecule has 1 saturated heterocycles. The lowest BCUT2D eigenvalue weighted by Gasteiger charge is -2.41. The Morgan fingerprint density at radius 2 is 1.93 bits per heavy atom. The second-order valence-electron chi connectivity index (χ2n) is 7.71. The monoisotopic (exact) mass is 512 g/mol. The van der Waals surface area contributed by atoms with Crippen molar-refractivity contribution in [1.82, 2.24) is 25.3 Å². The summed E-state index contributed by atoms with van der Waals surface area (Å²) in [6.45, 7) is 10.4. The Labute approximate surface area is 190 Å². The summed E-state index contributed by atoms with van der Waals surface area (Å²) < 4.78 is 7.40. The average molecular weight is 512 g/mol. The van der Waals surface area contributed by atoms with E-state index >= 15 is 0 Å². The summed E-state index contributed by atoms with van der Waals surface area (Å²) in [5.41, 5.74) is 2.50. The number of aromatic nitrogens is 2. The van der Waals surface area contributed by atoms with Gasteiger partial charge in [-0.1, -0.05) is 24.3 Å². The summed E-state index contributed by atoms with van der Waals surface area (Å²) in [4.78, 5) is 6.84. The maximum Gasteiger partial charge on any atom is 0.191 e. The average Bonchev–Trinajstić information content (AvgIpc) is 3.22. The molecule has 0 bridgehead atoms. The third-order valence-corrected chi connectivity index (χ3v) is 5.13. The fraction of sp³-hybridized carbons (Fsp3) is 0.524. The third-order valence-electron chi connectivity index (χ3n) is 5.13. The van der Waals surface area contributed by atoms with E-state index in [1.54, 1.807) is 6.20 Å². The van der Waals surface area contributed by atoms with Gasteiger partial charge in [0.05, 0.1) is 19.8 Å². The number of aliphatic imine (C=N–C) groups is 1. The van der Waals surface area contributed by atoms with Crippen LogP contribution in [0.25, 0.3) is 0 Å². The van der Waals surface area contributed by atoms with Crippen molar-refractivity contribution < 1.29 is 4.74 Å². The minimum absolute atomic E-state index is 0. The molecule has 160 valence electrons. The molecule has 1 aromatic carbocycles. The first-order valence-corrected chi connectivity index (χ1v) is 9.89. The highest BCUT2D eigenvalue weighted by molar-refractivity contribution is 14.0. The van der Waals surface area contributed by atoms with Crippen LogP contribution in [0.1, 0.15) is 25.0 Å². The molecule has 7 nitrogen and oxygen atoms in total. The van der Waals surface area contributed by atoms with Crippen LogP contribution in [-0.4, -0.2) is 66.1 Å². The van der Waals surface area contributed by atoms with E-state index in [0.29, 0.717) is 0 Å². The third kappa shape index (κ3) is 7.27. The highest BCUT2D eigenvalue weighted by Crippen LogP contribution is 2.15. The van der Waals surface area contributed by atoms with Crippen molar-refractivity contribution in [2.75, 3.05) is 39.9 Å². The zero-order valence-corrected chi connectivity index (χ0v) is 19.9. The molecule has 0 spiro atoms. The maximum absolute atomic E-state index is 5.47. The summed E-state index contributed by atoms with van der Waals surface area (Å²) in [5.74, 6) is 0.818. The molecule has 1 aliphatic rings. The number of nitrogens with zero attached hydrogens (tertiary/aromatic N) is 4. The van der Waals surface area contributed by atoms with Gasteiger partial charge in [0.15, 0.2) is 5.96 Å². The van der Waals surface area contributed by atoms with Gasteiger partial charge < -0.3 is 15.4 Å². The topological polar surface area (TPSA) is 66.7 Å². The lowest BCUT2D eigenvalue weighted by atomic mass is 10.0. The number of benzene rings is 1. The molecule has 0 atom stereocenters. The molecule has 0 aliphatic carbocycles. The second kappa shape index (κ2) is 11.5. The zero-order valence-electron chi connectivity index (χ0n) is 17.6. The standard InChI is InChI=1S/C21H32N6O.HI/c1-21(2,26-10-12-28-13-11-26)17-24-20(22-3)23-15-18-6-4-7-19(14-18)16-27-9-5-8-25-27;/h4-9,14H,10-13,15-17H2,1-3H3,(H2,22,23,24);1H. The molecule has 1 aliphatic heterocycles. The number of morpholine rings is 1. The summed E-state index contributed by atoms with van der Waals surface area (Å²) in [5, 5.41) is 11.2. The minimum Gasteiger partial charge on any atom is -0.379 e. The van der Waals surface area contributed by atoms with Crippen LogP contribution >= 0.6 is 24.0 Å². The SMILES string of the molecule is CN=C(NCc1cccc(Cn2cccn2)c1)NCC(C)(C)N1CCOCC1.I. The van der Waals surface area contributed by atoms with Gasteiger partial charge in [-0.15, -0.1) is 24.0 Å². The molecule has 1 aromatic heterocycles. The number of nitrogens with one attached hydrogen (secondary N) is 2. The van der Waals surface area contributed by atoms with Crippen molar-refractivity contribution in [2.24, 2.45) is 4.99 Å². The predicted molar refractivity (Wildman–Crippen MR) is 128 cm³/mol. The van der Waals surface area contributed by atoms with Gasteiger partial charge in [-0.3, -0.25) is 14.6 Å². The van der Waals surface area contributed by atoms with Crippen molar-refractivity contribution in [3.05, 3.63) is 53.9 Å². The van der Waals surface area contributed by atoms with Crippen LogP contribution in [0.3, 0.4) is 0 Å². The molecule has 0 amide bonds. The first-order valence-electron chi connectivity index (χ1n) is 9.89. The summed E-state index contributed by atoms with van der Waals surface area (Å²) in [7, 11) is 1.81. The summed E-state index contributed by atoms with van der Waals surface area (Å²) >= 11 is 0. The highest BCUT2D eigenvalue weighted by atomic mass is 127. The van der Waals surface area contributed by atoms with Gasteiger partial charge >= 0.3 is 0 Å². The Balaban J connectivity index is 0.00000300. The highest BCUT2D eigenvalue weighted by Gasteiger charge is 2.28. The zero-order chi connectivity index (χ0) is 19.8. The van der Waals surface area contributed by atoms with E-state index in [4.69, 9.17) is 4.74 Å². The molecular weight excluding hydrogens is 479 g/mol. The molecular formula is C21H33IN6O. The molecule has 29 heavy (non-hydrogen) atoms. The van der Waals surface area contributed by atoms with Crippen molar-refractivity contribution >= 4 is 29.9 Å². The van der Waals surface area contributed by atoms with Crippen LogP contribution in [0, 0.1) is 0 Å². The first-order chi connectivity index (χ1) is 13.6. The second-order valence-corrected chi connectivity index (χ2v) is 7.71. The van der Waals surface area contributed by atoms with Gasteiger partial charge in [-0.2, -0.15) is 5.10 Å². The lowest BCUT2D eigenvalue weighted by Crippen LogP contribution is -2.56. The van der Waals surface area contributed by atoms with Crippen LogP contribution in [0.4, 0.5) is 0 Å². The Kier molecular flexibility index (Phi) is 9.38. The van der Waals surface area contributed by atoms with E-state index in [0.717, 1.165) is 51.9 Å². The molecule has 0 saturated carbocycles. The van der Waals surface area contributed by atoms with Gasteiger partial charge in [0, 0.05) is 51.2 Å². The number of hydrogen-bond acceptors (Lipinski definition) is 4. The van der Waals surface area contributed by atoms with Crippen LogP contribution in [-0.2, 0) is 17.8 Å². The van der Waals surface area contributed by atoms with Crippen LogP contribution < -0.4 is 10.6 Å². The van der Waals surface area contributed by atoms with E-state index in [2.05, 4.69) is 63.7 Å². The minimum atomic E-state index is 0. The van der Waals surface area contributed by atoms with Crippen molar-refractivity contribution in [3.63, 3.8) is 0 Å². The predicted octanol–water partition coefficient (Wildman–Crippen LogP) is 2.33. The first kappa shape index (κ1) is 23.6. The number of guanidine groups is 1. The normalized spacial score (nSPS) is 15.6. The Morgan fingerprint density at radius 1 is 1.17 bits per heavy atom. The van der Waals surface area contributed by atoms with Gasteiger partial charge in [0.2, 0.25) is 0 Å².